The van der Waals surface area contributed by atoms with Gasteiger partial charge in [0.25, 0.3) is 5.91 Å². The van der Waals surface area contributed by atoms with E-state index >= 15 is 0 Å². The molecule has 0 atom stereocenters. The molecule has 0 heterocycles. The van der Waals surface area contributed by atoms with Gasteiger partial charge in [-0.2, -0.15) is 0 Å². The SMILES string of the molecule is CN=C(NCc1cccc(OCC(N)=O)c1)N(C)Cc1ccccc1OC. The monoisotopic (exact) mass is 370 g/mol. The molecule has 144 valence electrons. The zero-order chi connectivity index (χ0) is 19.6. The lowest BCUT2D eigenvalue weighted by Gasteiger charge is -2.23. The molecule has 7 heteroatoms. The molecule has 0 saturated carbocycles. The van der Waals surface area contributed by atoms with Crippen LogP contribution in [-0.4, -0.2) is 44.6 Å². The third-order valence-corrected chi connectivity index (χ3v) is 3.90. The second-order valence-corrected chi connectivity index (χ2v) is 5.97. The van der Waals surface area contributed by atoms with E-state index in [4.69, 9.17) is 15.2 Å². The van der Waals surface area contributed by atoms with Crippen LogP contribution in [-0.2, 0) is 17.9 Å². The van der Waals surface area contributed by atoms with Crippen molar-refractivity contribution in [1.29, 1.82) is 0 Å². The van der Waals surface area contributed by atoms with Crippen molar-refractivity contribution >= 4 is 11.9 Å². The lowest BCUT2D eigenvalue weighted by Crippen LogP contribution is -2.38. The van der Waals surface area contributed by atoms with E-state index < -0.39 is 5.91 Å². The first-order valence-corrected chi connectivity index (χ1v) is 8.57. The van der Waals surface area contributed by atoms with Crippen molar-refractivity contribution in [3.05, 3.63) is 59.7 Å². The van der Waals surface area contributed by atoms with Crippen LogP contribution in [0.3, 0.4) is 0 Å². The quantitative estimate of drug-likeness (QED) is 0.546. The molecule has 2 aromatic rings. The number of nitrogens with zero attached hydrogens (tertiary/aromatic N) is 2. The first-order chi connectivity index (χ1) is 13.0. The summed E-state index contributed by atoms with van der Waals surface area (Å²) in [5.41, 5.74) is 7.19. The lowest BCUT2D eigenvalue weighted by atomic mass is 10.2. The van der Waals surface area contributed by atoms with Crippen LogP contribution in [0.15, 0.2) is 53.5 Å². The maximum atomic E-state index is 10.8. The summed E-state index contributed by atoms with van der Waals surface area (Å²) in [4.78, 5) is 17.2. The average molecular weight is 370 g/mol. The molecule has 0 fully saturated rings. The number of hydrogen-bond acceptors (Lipinski definition) is 4. The van der Waals surface area contributed by atoms with Gasteiger partial charge in [-0.3, -0.25) is 9.79 Å². The molecule has 1 amide bonds. The molecule has 0 aliphatic rings. The second-order valence-electron chi connectivity index (χ2n) is 5.97. The van der Waals surface area contributed by atoms with Gasteiger partial charge in [0.05, 0.1) is 7.11 Å². The fourth-order valence-corrected chi connectivity index (χ4v) is 2.63. The van der Waals surface area contributed by atoms with Crippen LogP contribution in [0.25, 0.3) is 0 Å². The Morgan fingerprint density at radius 3 is 2.70 bits per heavy atom. The zero-order valence-electron chi connectivity index (χ0n) is 15.9. The topological polar surface area (TPSA) is 89.2 Å². The summed E-state index contributed by atoms with van der Waals surface area (Å²) in [5, 5.41) is 3.32. The summed E-state index contributed by atoms with van der Waals surface area (Å²) in [5.74, 6) is 1.70. The molecule has 0 aliphatic heterocycles. The largest absolute Gasteiger partial charge is 0.496 e. The number of nitrogens with one attached hydrogen (secondary N) is 1. The van der Waals surface area contributed by atoms with E-state index in [1.807, 2.05) is 54.4 Å². The summed E-state index contributed by atoms with van der Waals surface area (Å²) < 4.78 is 10.7. The minimum Gasteiger partial charge on any atom is -0.496 e. The van der Waals surface area contributed by atoms with Crippen LogP contribution in [0.4, 0.5) is 0 Å². The number of hydrogen-bond donors (Lipinski definition) is 2. The third-order valence-electron chi connectivity index (χ3n) is 3.90. The molecule has 0 aromatic heterocycles. The van der Waals surface area contributed by atoms with Crippen LogP contribution in [0.1, 0.15) is 11.1 Å². The van der Waals surface area contributed by atoms with Crippen LogP contribution < -0.4 is 20.5 Å². The van der Waals surface area contributed by atoms with Gasteiger partial charge in [-0.25, -0.2) is 0 Å². The summed E-state index contributed by atoms with van der Waals surface area (Å²) >= 11 is 0. The zero-order valence-corrected chi connectivity index (χ0v) is 15.9. The Bertz CT molecular complexity index is 792. The van der Waals surface area contributed by atoms with Gasteiger partial charge in [-0.1, -0.05) is 30.3 Å². The van der Waals surface area contributed by atoms with E-state index in [0.29, 0.717) is 18.8 Å². The Balaban J connectivity index is 1.97. The van der Waals surface area contributed by atoms with Gasteiger partial charge in [0, 0.05) is 32.7 Å². The molecule has 2 aromatic carbocycles. The van der Waals surface area contributed by atoms with Gasteiger partial charge in [-0.15, -0.1) is 0 Å². The number of primary amides is 1. The van der Waals surface area contributed by atoms with Gasteiger partial charge in [-0.05, 0) is 23.8 Å². The predicted molar refractivity (Wildman–Crippen MR) is 106 cm³/mol. The van der Waals surface area contributed by atoms with E-state index in [1.54, 1.807) is 20.2 Å². The van der Waals surface area contributed by atoms with Gasteiger partial charge in [0.15, 0.2) is 12.6 Å². The Morgan fingerprint density at radius 1 is 1.22 bits per heavy atom. The molecule has 7 nitrogen and oxygen atoms in total. The highest BCUT2D eigenvalue weighted by Crippen LogP contribution is 2.19. The molecule has 27 heavy (non-hydrogen) atoms. The number of benzene rings is 2. The van der Waals surface area contributed by atoms with Crippen molar-refractivity contribution in [1.82, 2.24) is 10.2 Å². The highest BCUT2D eigenvalue weighted by molar-refractivity contribution is 5.79. The average Bonchev–Trinajstić information content (AvgIpc) is 2.67. The molecular formula is C20H26N4O3. The number of amides is 1. The summed E-state index contributed by atoms with van der Waals surface area (Å²) in [6.45, 7) is 1.09. The molecule has 0 bridgehead atoms. The Kier molecular flexibility index (Phi) is 7.49. The van der Waals surface area contributed by atoms with Gasteiger partial charge < -0.3 is 25.4 Å². The number of para-hydroxylation sites is 1. The minimum atomic E-state index is -0.503. The molecular weight excluding hydrogens is 344 g/mol. The lowest BCUT2D eigenvalue weighted by molar-refractivity contribution is -0.119. The third kappa shape index (κ3) is 6.22. The standard InChI is InChI=1S/C20H26N4O3/c1-22-20(24(2)13-16-8-4-5-10-18(16)26-3)23-12-15-7-6-9-17(11-15)27-14-19(21)25/h4-11H,12-14H2,1-3H3,(H2,21,25)(H,22,23). The number of rotatable bonds is 8. The smallest absolute Gasteiger partial charge is 0.255 e. The number of carbonyl (C=O) groups excluding carboxylic acids is 1. The molecule has 0 radical (unpaired) electrons. The maximum Gasteiger partial charge on any atom is 0.255 e. The van der Waals surface area contributed by atoms with Gasteiger partial charge in [0.1, 0.15) is 11.5 Å². The molecule has 0 unspecified atom stereocenters. The van der Waals surface area contributed by atoms with Crippen LogP contribution in [0.2, 0.25) is 0 Å². The van der Waals surface area contributed by atoms with E-state index in [2.05, 4.69) is 10.3 Å². The summed E-state index contributed by atoms with van der Waals surface area (Å²) in [6.07, 6.45) is 0. The van der Waals surface area contributed by atoms with Crippen molar-refractivity contribution < 1.29 is 14.3 Å². The van der Waals surface area contributed by atoms with Crippen molar-refractivity contribution in [2.45, 2.75) is 13.1 Å². The van der Waals surface area contributed by atoms with E-state index in [1.165, 1.54) is 0 Å². The summed E-state index contributed by atoms with van der Waals surface area (Å²) in [6, 6.07) is 15.4. The van der Waals surface area contributed by atoms with Crippen molar-refractivity contribution in [2.75, 3.05) is 27.8 Å². The van der Waals surface area contributed by atoms with Gasteiger partial charge in [0.2, 0.25) is 0 Å². The van der Waals surface area contributed by atoms with E-state index in [-0.39, 0.29) is 6.61 Å². The number of carbonyl (C=O) groups is 1. The Morgan fingerprint density at radius 2 is 2.00 bits per heavy atom. The molecule has 2 rings (SSSR count). The number of nitrogens with two attached hydrogens (primary N) is 1. The number of methoxy groups -OCH3 is 1. The Hall–Kier alpha value is -3.22. The second kappa shape index (κ2) is 10.1. The Labute approximate surface area is 159 Å². The first kappa shape index (κ1) is 20.1. The number of guanidine groups is 1. The normalized spacial score (nSPS) is 11.0. The summed E-state index contributed by atoms with van der Waals surface area (Å²) in [7, 11) is 5.38. The van der Waals surface area contributed by atoms with Gasteiger partial charge >= 0.3 is 0 Å². The molecule has 0 aliphatic carbocycles. The predicted octanol–water partition coefficient (Wildman–Crippen LogP) is 1.77. The molecule has 0 saturated heterocycles. The van der Waals surface area contributed by atoms with E-state index in [9.17, 15) is 4.79 Å². The molecule has 3 N–H and O–H groups in total. The van der Waals surface area contributed by atoms with E-state index in [0.717, 1.165) is 22.8 Å². The highest BCUT2D eigenvalue weighted by atomic mass is 16.5. The highest BCUT2D eigenvalue weighted by Gasteiger charge is 2.10. The fourth-order valence-electron chi connectivity index (χ4n) is 2.63. The van der Waals surface area contributed by atoms with Crippen LogP contribution in [0.5, 0.6) is 11.5 Å². The maximum absolute atomic E-state index is 10.8. The van der Waals surface area contributed by atoms with Crippen LogP contribution in [0, 0.1) is 0 Å². The number of ether oxygens (including phenoxy) is 2. The first-order valence-electron chi connectivity index (χ1n) is 8.57. The number of aliphatic imine (C=N–C) groups is 1. The van der Waals surface area contributed by atoms with Crippen molar-refractivity contribution in [3.8, 4) is 11.5 Å². The van der Waals surface area contributed by atoms with Crippen molar-refractivity contribution in [2.24, 2.45) is 10.7 Å². The minimum absolute atomic E-state index is 0.139. The molecule has 0 spiro atoms. The fraction of sp³-hybridized carbons (Fsp3) is 0.300. The van der Waals surface area contributed by atoms with Crippen molar-refractivity contribution in [3.63, 3.8) is 0 Å². The van der Waals surface area contributed by atoms with Crippen LogP contribution >= 0.6 is 0 Å².